The first-order valence-electron chi connectivity index (χ1n) is 0.930. The van der Waals surface area contributed by atoms with Gasteiger partial charge in [-0.25, -0.2) is 0 Å². The van der Waals surface area contributed by atoms with Gasteiger partial charge in [0.05, 0.1) is 0 Å². The minimum absolute atomic E-state index is 0. The van der Waals surface area contributed by atoms with Crippen LogP contribution in [0, 0.1) is 20.2 Å². The molecule has 7 nitrogen and oxygen atoms in total. The molecule has 0 fully saturated rings. The summed E-state index contributed by atoms with van der Waals surface area (Å²) in [5, 5.41) is 22.6. The van der Waals surface area contributed by atoms with E-state index in [9.17, 15) is 0 Å². The minimum atomic E-state index is -1.50. The summed E-state index contributed by atoms with van der Waals surface area (Å²) in [4.78, 5) is 16.4. The molecule has 0 spiro atoms. The van der Waals surface area contributed by atoms with Crippen LogP contribution in [-0.2, 0) is 22.4 Å². The average Bonchev–Trinajstić information content (AvgIpc) is 1.33. The van der Waals surface area contributed by atoms with Crippen molar-refractivity contribution in [3.8, 4) is 0 Å². The third-order valence-corrected chi connectivity index (χ3v) is 0. The summed E-state index contributed by atoms with van der Waals surface area (Å²) in [6.07, 6.45) is 0. The second-order valence-corrected chi connectivity index (χ2v) is 0.312. The van der Waals surface area contributed by atoms with Crippen molar-refractivity contribution in [2.24, 2.45) is 5.34 Å². The van der Waals surface area contributed by atoms with Gasteiger partial charge in [0, 0.05) is 22.4 Å². The summed E-state index contributed by atoms with van der Waals surface area (Å²) >= 11 is 0. The molecule has 8 heavy (non-hydrogen) atoms. The maximum atomic E-state index is 8.36. The summed E-state index contributed by atoms with van der Waals surface area (Å²) in [6.45, 7) is 0. The predicted molar refractivity (Wildman–Crippen MR) is 17.9 cm³/mol. The second kappa shape index (κ2) is 16.2. The Morgan fingerprint density at radius 3 is 1.62 bits per heavy atom. The third kappa shape index (κ3) is 231. The van der Waals surface area contributed by atoms with Crippen LogP contribution in [0.2, 0.25) is 0 Å². The molecule has 0 aliphatic rings. The topological polar surface area (TPSA) is 116 Å². The van der Waals surface area contributed by atoms with Gasteiger partial charge in [-0.2, -0.15) is 0 Å². The van der Waals surface area contributed by atoms with Crippen molar-refractivity contribution in [1.82, 2.24) is 0 Å². The molecule has 0 saturated heterocycles. The van der Waals surface area contributed by atoms with E-state index in [1.807, 2.05) is 0 Å². The Kier molecular flexibility index (Phi) is 31.7. The summed E-state index contributed by atoms with van der Waals surface area (Å²) in [7, 11) is 0. The van der Waals surface area contributed by atoms with Crippen LogP contribution < -0.4 is 0 Å². The van der Waals surface area contributed by atoms with Crippen molar-refractivity contribution >= 4 is 0 Å². The van der Waals surface area contributed by atoms with E-state index < -0.39 is 5.09 Å². The van der Waals surface area contributed by atoms with Gasteiger partial charge in [0.1, 0.15) is 0 Å². The molecule has 0 rings (SSSR count). The van der Waals surface area contributed by atoms with Crippen LogP contribution in [-0.4, -0.2) is 10.3 Å². The Morgan fingerprint density at radius 1 is 1.62 bits per heavy atom. The fraction of sp³-hybridized carbons (Fsp3) is 0. The van der Waals surface area contributed by atoms with Crippen LogP contribution in [0.4, 0.5) is 0 Å². The first-order valence-corrected chi connectivity index (χ1v) is 0.930. The molecule has 0 aromatic heterocycles. The maximum Gasteiger partial charge on any atom is 0.291 e. The molecular weight excluding hydrogens is 216 g/mol. The molecular formula is HAgN2O5-. The smallest absolute Gasteiger partial charge is 0.291 e. The normalized spacial score (nSPS) is 4.50. The zero-order valence-electron chi connectivity index (χ0n) is 3.28. The number of rotatable bonds is 0. The van der Waals surface area contributed by atoms with E-state index in [2.05, 4.69) is 0 Å². The Hall–Kier alpha value is -0.660. The molecule has 53 valence electrons. The summed E-state index contributed by atoms with van der Waals surface area (Å²) < 4.78 is 0. The van der Waals surface area contributed by atoms with Crippen molar-refractivity contribution in [2.45, 2.75) is 0 Å². The van der Waals surface area contributed by atoms with Crippen molar-refractivity contribution in [1.29, 1.82) is 0 Å². The van der Waals surface area contributed by atoms with Crippen molar-refractivity contribution in [2.75, 3.05) is 0 Å². The van der Waals surface area contributed by atoms with Gasteiger partial charge >= 0.3 is 0 Å². The van der Waals surface area contributed by atoms with E-state index in [0.717, 1.165) is 5.34 Å². The van der Waals surface area contributed by atoms with Crippen LogP contribution >= 0.6 is 0 Å². The maximum absolute atomic E-state index is 8.36. The number of hydrogen-bond donors (Lipinski definition) is 1. The quantitative estimate of drug-likeness (QED) is 0.263. The van der Waals surface area contributed by atoms with Gasteiger partial charge in [0.25, 0.3) is 5.09 Å². The van der Waals surface area contributed by atoms with E-state index in [1.54, 1.807) is 0 Å². The molecule has 0 unspecified atom stereocenters. The molecule has 0 aliphatic carbocycles. The van der Waals surface area contributed by atoms with Gasteiger partial charge in [-0.3, -0.25) is 0 Å². The van der Waals surface area contributed by atoms with E-state index in [1.165, 1.54) is 0 Å². The zero-order valence-corrected chi connectivity index (χ0v) is 4.76. The van der Waals surface area contributed by atoms with E-state index in [0.29, 0.717) is 0 Å². The van der Waals surface area contributed by atoms with Gasteiger partial charge in [0.15, 0.2) is 0 Å². The van der Waals surface area contributed by atoms with Gasteiger partial charge in [0.2, 0.25) is 0 Å². The van der Waals surface area contributed by atoms with Gasteiger partial charge in [-0.15, -0.1) is 15.5 Å². The second-order valence-electron chi connectivity index (χ2n) is 0.312. The van der Waals surface area contributed by atoms with Crippen LogP contribution in [0.1, 0.15) is 0 Å². The van der Waals surface area contributed by atoms with Crippen LogP contribution in [0.25, 0.3) is 0 Å². The fourth-order valence-corrected chi connectivity index (χ4v) is 0. The molecule has 0 bridgehead atoms. The van der Waals surface area contributed by atoms with E-state index in [-0.39, 0.29) is 22.4 Å². The predicted octanol–water partition coefficient (Wildman–Crippen LogP) is -0.0996. The Balaban J connectivity index is -0.0000000575. The average molecular weight is 217 g/mol. The molecule has 0 aromatic rings. The molecule has 8 heteroatoms. The van der Waals surface area contributed by atoms with Crippen LogP contribution in [0.15, 0.2) is 5.34 Å². The first kappa shape index (κ1) is 15.7. The molecule has 0 aliphatic heterocycles. The summed E-state index contributed by atoms with van der Waals surface area (Å²) in [5.41, 5.74) is 0. The fourth-order valence-electron chi connectivity index (χ4n) is 0. The van der Waals surface area contributed by atoms with Crippen LogP contribution in [0.5, 0.6) is 0 Å². The third-order valence-electron chi connectivity index (χ3n) is 0. The molecule has 0 heterocycles. The summed E-state index contributed by atoms with van der Waals surface area (Å²) in [5.74, 6) is 0. The van der Waals surface area contributed by atoms with Crippen LogP contribution in [0.3, 0.4) is 0 Å². The molecule has 1 N–H and O–H groups in total. The van der Waals surface area contributed by atoms with Gasteiger partial charge in [-0.1, -0.05) is 0 Å². The van der Waals surface area contributed by atoms with Gasteiger partial charge in [-0.05, 0) is 0 Å². The standard InChI is InChI=1S/Ag.HNO3.HNO2/c;2-1(3)4;2-1-3/h;(H,2,3,4);(H,2,3)/p-1. The summed E-state index contributed by atoms with van der Waals surface area (Å²) in [6, 6.07) is 0. The monoisotopic (exact) mass is 216 g/mol. The largest absolute Gasteiger partial charge is 0.444 e. The Morgan fingerprint density at radius 2 is 1.62 bits per heavy atom. The molecule has 0 aromatic carbocycles. The van der Waals surface area contributed by atoms with Gasteiger partial charge < -0.3 is 15.3 Å². The first-order chi connectivity index (χ1) is 3.15. The van der Waals surface area contributed by atoms with Crippen molar-refractivity contribution in [3.63, 3.8) is 0 Å². The Bertz CT molecular complexity index is 57.4. The number of nitrogens with zero attached hydrogens (tertiary/aromatic N) is 2. The Labute approximate surface area is 58.9 Å². The SMILES string of the molecule is O=N[O-].O=[N+]([O-])O.[Ag]. The minimum Gasteiger partial charge on any atom is -0.444 e. The van der Waals surface area contributed by atoms with E-state index >= 15 is 0 Å². The molecule has 0 saturated carbocycles. The molecule has 1 radical (unpaired) electrons. The van der Waals surface area contributed by atoms with E-state index in [4.69, 9.17) is 25.4 Å². The van der Waals surface area contributed by atoms with Crippen molar-refractivity contribution < 1.29 is 32.7 Å². The molecule has 0 atom stereocenters. The van der Waals surface area contributed by atoms with Crippen molar-refractivity contribution in [3.05, 3.63) is 20.2 Å². The number of hydrogen-bond acceptors (Lipinski definition) is 5. The zero-order chi connectivity index (χ0) is 6.28. The molecule has 0 amide bonds.